The summed E-state index contributed by atoms with van der Waals surface area (Å²) in [5.41, 5.74) is 6.31. The number of aromatic nitrogens is 2. The van der Waals surface area contributed by atoms with Crippen LogP contribution in [0.25, 0.3) is 0 Å². The molecule has 11 nitrogen and oxygen atoms in total. The predicted octanol–water partition coefficient (Wildman–Crippen LogP) is 0.870. The number of hydrogen-bond acceptors (Lipinski definition) is 7. The highest BCUT2D eigenvalue weighted by Crippen LogP contribution is 2.27. The number of aliphatic hydroxyl groups excluding tert-OH is 1. The lowest BCUT2D eigenvalue weighted by Gasteiger charge is -2.32. The third-order valence-corrected chi connectivity index (χ3v) is 5.53. The molecule has 2 amide bonds. The Balaban J connectivity index is 0.00000480. The third-order valence-electron chi connectivity index (χ3n) is 5.53. The maximum atomic E-state index is 12.2. The highest BCUT2D eigenvalue weighted by atomic mass is 35.5. The highest BCUT2D eigenvalue weighted by Gasteiger charge is 2.28. The highest BCUT2D eigenvalue weighted by molar-refractivity contribution is 5.87. The Morgan fingerprint density at radius 1 is 1.42 bits per heavy atom. The molecule has 2 unspecified atom stereocenters. The smallest absolute Gasteiger partial charge is 0.343 e. The van der Waals surface area contributed by atoms with E-state index < -0.39 is 17.1 Å². The average Bonchev–Trinajstić information content (AvgIpc) is 3.06. The molecule has 1 aliphatic rings. The number of aliphatic hydroxyl groups is 1. The maximum Gasteiger partial charge on any atom is 0.343 e. The number of amides is 2. The van der Waals surface area contributed by atoms with Gasteiger partial charge in [-0.3, -0.25) is 9.59 Å². The fourth-order valence-corrected chi connectivity index (χ4v) is 3.84. The van der Waals surface area contributed by atoms with Gasteiger partial charge in [-0.25, -0.2) is 9.97 Å². The number of rotatable bonds is 10. The van der Waals surface area contributed by atoms with Crippen molar-refractivity contribution in [1.29, 1.82) is 0 Å². The Morgan fingerprint density at radius 2 is 2.13 bits per heavy atom. The third kappa shape index (κ3) is 8.08. The number of carbonyl (C=O) groups is 2. The first-order chi connectivity index (χ1) is 14.2. The number of aryl methyl sites for hydroxylation is 1. The van der Waals surface area contributed by atoms with Crippen molar-refractivity contribution >= 4 is 30.0 Å². The second-order valence-electron chi connectivity index (χ2n) is 7.93. The van der Waals surface area contributed by atoms with Crippen molar-refractivity contribution in [2.24, 2.45) is 11.7 Å². The zero-order valence-electron chi connectivity index (χ0n) is 17.9. The van der Waals surface area contributed by atoms with E-state index in [1.165, 1.54) is 0 Å². The van der Waals surface area contributed by atoms with Gasteiger partial charge in [0.1, 0.15) is 11.7 Å². The minimum atomic E-state index is -0.716. The van der Waals surface area contributed by atoms with Gasteiger partial charge in [0.25, 0.3) is 0 Å². The normalized spacial score (nSPS) is 21.6. The fraction of sp³-hybridized carbons (Fsp3) is 0.737. The summed E-state index contributed by atoms with van der Waals surface area (Å²) in [5.74, 6) is -0.102. The summed E-state index contributed by atoms with van der Waals surface area (Å²) in [6.45, 7) is 3.38. The molecule has 0 spiro atoms. The van der Waals surface area contributed by atoms with Crippen LogP contribution in [0, 0.1) is 23.0 Å². The largest absolute Gasteiger partial charge is 0.392 e. The monoisotopic (exact) mass is 460 g/mol. The fourth-order valence-electron chi connectivity index (χ4n) is 3.84. The summed E-state index contributed by atoms with van der Waals surface area (Å²) in [4.78, 5) is 41.3. The van der Waals surface area contributed by atoms with Crippen LogP contribution in [0.4, 0.5) is 5.82 Å². The molecule has 1 aromatic heterocycles. The molecule has 31 heavy (non-hydrogen) atoms. The summed E-state index contributed by atoms with van der Waals surface area (Å²) < 4.78 is 0. The van der Waals surface area contributed by atoms with Crippen LogP contribution in [-0.2, 0) is 16.0 Å². The van der Waals surface area contributed by atoms with Crippen molar-refractivity contribution in [1.82, 2.24) is 20.6 Å². The van der Waals surface area contributed by atoms with Crippen molar-refractivity contribution < 1.29 is 19.6 Å². The second-order valence-corrected chi connectivity index (χ2v) is 7.93. The molecular weight excluding hydrogens is 428 g/mol. The lowest BCUT2D eigenvalue weighted by atomic mass is 9.80. The summed E-state index contributed by atoms with van der Waals surface area (Å²) >= 11 is 0. The van der Waals surface area contributed by atoms with Gasteiger partial charge in [0.2, 0.25) is 11.8 Å². The number of hydrogen-bond donors (Lipinski definition) is 5. The number of nitro groups is 1. The number of nitrogens with two attached hydrogens (primary N) is 1. The van der Waals surface area contributed by atoms with Crippen molar-refractivity contribution in [2.45, 2.75) is 77.0 Å². The topological polar surface area (TPSA) is 176 Å². The van der Waals surface area contributed by atoms with Crippen molar-refractivity contribution in [2.75, 3.05) is 6.54 Å². The van der Waals surface area contributed by atoms with E-state index in [4.69, 9.17) is 5.73 Å². The van der Waals surface area contributed by atoms with Crippen LogP contribution in [0.1, 0.15) is 57.0 Å². The van der Waals surface area contributed by atoms with E-state index in [-0.39, 0.29) is 67.1 Å². The van der Waals surface area contributed by atoms with E-state index >= 15 is 0 Å². The van der Waals surface area contributed by atoms with E-state index in [0.29, 0.717) is 12.2 Å². The molecule has 0 bridgehead atoms. The Labute approximate surface area is 187 Å². The Hall–Kier alpha value is -2.24. The number of imidazole rings is 1. The molecule has 1 aliphatic carbocycles. The van der Waals surface area contributed by atoms with E-state index in [9.17, 15) is 24.8 Å². The van der Waals surface area contributed by atoms with Crippen molar-refractivity contribution in [3.05, 3.63) is 21.6 Å². The van der Waals surface area contributed by atoms with Gasteiger partial charge in [0.15, 0.2) is 5.82 Å². The van der Waals surface area contributed by atoms with E-state index in [1.54, 1.807) is 13.8 Å². The molecule has 1 aromatic rings. The van der Waals surface area contributed by atoms with E-state index in [2.05, 4.69) is 20.6 Å². The quantitative estimate of drug-likeness (QED) is 0.254. The first-order valence-corrected chi connectivity index (χ1v) is 10.4. The minimum Gasteiger partial charge on any atom is -0.392 e. The molecule has 6 N–H and O–H groups in total. The molecule has 176 valence electrons. The number of carbonyl (C=O) groups excluding carboxylic acids is 2. The van der Waals surface area contributed by atoms with Gasteiger partial charge < -0.3 is 31.6 Å². The standard InChI is InChI=1S/C19H32N6O5.ClH/c1-11(19(28)21-10-9-14-18(25(29)30)24-12(2)23-14)22-16(27)8-4-6-13-5-3-7-15(26)17(13)20;/h11,13,15,17,26H,3-10,20H2,1-2H3,(H,21,28)(H,22,27)(H,23,24);1H/t11-,13?,15?,17+;/m0./s1. The first-order valence-electron chi connectivity index (χ1n) is 10.4. The molecule has 0 aromatic carbocycles. The molecule has 0 saturated heterocycles. The summed E-state index contributed by atoms with van der Waals surface area (Å²) in [5, 5.41) is 26.1. The Bertz CT molecular complexity index is 758. The van der Waals surface area contributed by atoms with E-state index in [0.717, 1.165) is 25.7 Å². The molecule has 1 heterocycles. The average molecular weight is 461 g/mol. The van der Waals surface area contributed by atoms with Gasteiger partial charge in [-0.1, -0.05) is 6.42 Å². The Kier molecular flexibility index (Phi) is 10.9. The first kappa shape index (κ1) is 26.8. The zero-order chi connectivity index (χ0) is 22.3. The van der Waals surface area contributed by atoms with Crippen LogP contribution >= 0.6 is 12.4 Å². The van der Waals surface area contributed by atoms with Crippen LogP contribution in [-0.4, -0.2) is 56.5 Å². The molecule has 4 atom stereocenters. The molecule has 0 aliphatic heterocycles. The number of aromatic amines is 1. The lowest BCUT2D eigenvalue weighted by Crippen LogP contribution is -2.45. The number of nitrogens with one attached hydrogen (secondary N) is 3. The van der Waals surface area contributed by atoms with Crippen molar-refractivity contribution in [3.63, 3.8) is 0 Å². The van der Waals surface area contributed by atoms with E-state index in [1.807, 2.05) is 0 Å². The maximum absolute atomic E-state index is 12.2. The predicted molar refractivity (Wildman–Crippen MR) is 117 cm³/mol. The van der Waals surface area contributed by atoms with Gasteiger partial charge in [-0.05, 0) is 43.4 Å². The number of halogens is 1. The van der Waals surface area contributed by atoms with Crippen molar-refractivity contribution in [3.8, 4) is 0 Å². The minimum absolute atomic E-state index is 0. The molecule has 2 rings (SSSR count). The number of nitrogens with zero attached hydrogens (tertiary/aromatic N) is 2. The summed E-state index contributed by atoms with van der Waals surface area (Å²) in [6.07, 6.45) is 4.10. The Morgan fingerprint density at radius 3 is 2.81 bits per heavy atom. The molecule has 0 radical (unpaired) electrons. The molecule has 12 heteroatoms. The molecular formula is C19H33ClN6O5. The van der Waals surface area contributed by atoms with Crippen LogP contribution in [0.5, 0.6) is 0 Å². The summed E-state index contributed by atoms with van der Waals surface area (Å²) in [7, 11) is 0. The van der Waals surface area contributed by atoms with Gasteiger partial charge in [-0.15, -0.1) is 12.4 Å². The van der Waals surface area contributed by atoms with Gasteiger partial charge in [0, 0.05) is 32.4 Å². The van der Waals surface area contributed by atoms with Crippen LogP contribution in [0.15, 0.2) is 0 Å². The van der Waals surface area contributed by atoms with Gasteiger partial charge in [0.05, 0.1) is 6.10 Å². The SMILES string of the molecule is Cc1nc(CCNC(=O)[C@H](C)NC(=O)CCCC2CCCC(O)[C@@H]2N)c([N+](=O)[O-])[nH]1.Cl. The van der Waals surface area contributed by atoms with Gasteiger partial charge in [-0.2, -0.15) is 0 Å². The van der Waals surface area contributed by atoms with Crippen LogP contribution in [0.2, 0.25) is 0 Å². The molecule has 1 saturated carbocycles. The van der Waals surface area contributed by atoms with Crippen LogP contribution in [0.3, 0.4) is 0 Å². The second kappa shape index (κ2) is 12.6. The summed E-state index contributed by atoms with van der Waals surface area (Å²) in [6, 6.07) is -0.951. The number of H-pyrrole nitrogens is 1. The van der Waals surface area contributed by atoms with Gasteiger partial charge >= 0.3 is 5.82 Å². The van der Waals surface area contributed by atoms with Crippen LogP contribution < -0.4 is 16.4 Å². The molecule has 1 fully saturated rings. The lowest BCUT2D eigenvalue weighted by molar-refractivity contribution is -0.390. The zero-order valence-corrected chi connectivity index (χ0v) is 18.7.